The molecule has 3 aromatic carbocycles. The Morgan fingerprint density at radius 1 is 0.760 bits per heavy atom. The second-order valence-corrected chi connectivity index (χ2v) is 14.3. The molecule has 1 amide bonds. The van der Waals surface area contributed by atoms with Crippen LogP contribution in [0.4, 0.5) is 34.6 Å². The minimum Gasteiger partial charge on any atom is -0.477 e. The maximum Gasteiger partial charge on any atom is 0.355 e. The summed E-state index contributed by atoms with van der Waals surface area (Å²) in [5, 5.41) is 26.5. The molecule has 260 valence electrons. The largest absolute Gasteiger partial charge is 0.477 e. The predicted molar refractivity (Wildman–Crippen MR) is 171 cm³/mol. The molecule has 1 aliphatic heterocycles. The Balaban J connectivity index is 1.42. The number of nitrogens with zero attached hydrogens (tertiary/aromatic N) is 7. The van der Waals surface area contributed by atoms with Gasteiger partial charge in [0.1, 0.15) is 10.6 Å². The van der Waals surface area contributed by atoms with Crippen molar-refractivity contribution in [2.45, 2.75) is 20.7 Å². The van der Waals surface area contributed by atoms with Crippen LogP contribution >= 0.6 is 11.6 Å². The maximum atomic E-state index is 13.1. The number of carbonyl (C=O) groups is 2. The van der Waals surface area contributed by atoms with Gasteiger partial charge in [-0.05, 0) is 78.3 Å². The van der Waals surface area contributed by atoms with Crippen LogP contribution in [0, 0.1) is 0 Å². The van der Waals surface area contributed by atoms with Gasteiger partial charge in [-0.2, -0.15) is 60.5 Å². The average Bonchev–Trinajstić information content (AvgIpc) is 3.34. The maximum absolute atomic E-state index is 13.1. The smallest absolute Gasteiger partial charge is 0.355 e. The minimum absolute atomic E-state index is 0.0162. The van der Waals surface area contributed by atoms with Crippen LogP contribution in [0.1, 0.15) is 0 Å². The second-order valence-electron chi connectivity index (χ2n) is 9.69. The van der Waals surface area contributed by atoms with Gasteiger partial charge in [-0.3, -0.25) is 18.5 Å². The van der Waals surface area contributed by atoms with Gasteiger partial charge in [0.05, 0.1) is 15.5 Å². The van der Waals surface area contributed by atoms with Gasteiger partial charge in [0, 0.05) is 11.4 Å². The Morgan fingerprint density at radius 3 is 1.80 bits per heavy atom. The summed E-state index contributed by atoms with van der Waals surface area (Å²) in [6, 6.07) is 9.95. The molecule has 0 fully saturated rings. The van der Waals surface area contributed by atoms with Gasteiger partial charge in [-0.1, -0.05) is 0 Å². The number of hydrazone groups is 1. The number of azo groups is 1. The molecular formula is C25H18ClN9O12S3. The first-order chi connectivity index (χ1) is 23.3. The number of carboxylic acids is 1. The van der Waals surface area contributed by atoms with Crippen molar-refractivity contribution in [3.63, 3.8) is 0 Å². The van der Waals surface area contributed by atoms with Crippen LogP contribution in [0.3, 0.4) is 0 Å². The quantitative estimate of drug-likeness (QED) is 0.0943. The molecule has 5 rings (SSSR count). The highest BCUT2D eigenvalue weighted by Crippen LogP contribution is 2.31. The number of carbonyl (C=O) groups excluding carboxylic acids is 1. The Kier molecular flexibility index (Phi) is 9.61. The molecule has 0 saturated heterocycles. The molecule has 50 heavy (non-hydrogen) atoms. The third kappa shape index (κ3) is 8.20. The van der Waals surface area contributed by atoms with Crippen molar-refractivity contribution >= 4 is 94.2 Å². The minimum atomic E-state index is -4.96. The summed E-state index contributed by atoms with van der Waals surface area (Å²) in [6.45, 7) is 0. The number of halogens is 1. The summed E-state index contributed by atoms with van der Waals surface area (Å²) in [4.78, 5) is 35.3. The third-order valence-corrected chi connectivity index (χ3v) is 9.10. The standard InChI is InChI=1S/C25H18ClN9O12S3/c26-23-29-24(27-12-1-6-15(7-2-12)48(39,40)41)31-25(30-23)28-13-3-10-18(50(45,46)47)17(11-13)32-33-19-20(22(37)38)34-35(21(19)36)14-4-8-16(9-5-14)49(42,43)44/h1-11,19H,(H,37,38)(H,39,40,41)(H,42,43,44)(H,45,46,47)(H2,27,28,29,30,31)/t19-/m0/s1. The van der Waals surface area contributed by atoms with E-state index in [0.717, 1.165) is 54.6 Å². The van der Waals surface area contributed by atoms with E-state index in [2.05, 4.69) is 40.9 Å². The monoisotopic (exact) mass is 767 g/mol. The van der Waals surface area contributed by atoms with E-state index in [1.54, 1.807) is 0 Å². The number of hydrogen-bond donors (Lipinski definition) is 6. The third-order valence-electron chi connectivity index (χ3n) is 6.30. The topological polar surface area (TPSA) is 321 Å². The van der Waals surface area contributed by atoms with Crippen LogP contribution < -0.4 is 15.6 Å². The number of anilines is 5. The molecule has 0 unspecified atom stereocenters. The number of amides is 1. The van der Waals surface area contributed by atoms with Crippen LogP contribution in [0.15, 0.2) is 96.7 Å². The number of aliphatic carboxylic acids is 1. The summed E-state index contributed by atoms with van der Waals surface area (Å²) in [6.07, 6.45) is 0. The summed E-state index contributed by atoms with van der Waals surface area (Å²) in [5.41, 5.74) is -1.23. The number of carboxylic acid groups (broad SMARTS) is 1. The summed E-state index contributed by atoms with van der Waals surface area (Å²) >= 11 is 6.01. The van der Waals surface area contributed by atoms with E-state index in [-0.39, 0.29) is 39.1 Å². The zero-order valence-corrected chi connectivity index (χ0v) is 27.4. The predicted octanol–water partition coefficient (Wildman–Crippen LogP) is 2.69. The summed E-state index contributed by atoms with van der Waals surface area (Å²) in [5.74, 6) is -3.14. The highest BCUT2D eigenvalue weighted by Gasteiger charge is 2.41. The van der Waals surface area contributed by atoms with Crippen LogP contribution in [0.2, 0.25) is 5.28 Å². The van der Waals surface area contributed by atoms with E-state index >= 15 is 0 Å². The molecule has 0 spiro atoms. The lowest BCUT2D eigenvalue weighted by Gasteiger charge is -2.12. The van der Waals surface area contributed by atoms with Gasteiger partial charge in [-0.15, -0.1) is 0 Å². The normalized spacial score (nSPS) is 15.3. The van der Waals surface area contributed by atoms with Crippen molar-refractivity contribution < 1.29 is 53.6 Å². The van der Waals surface area contributed by atoms with E-state index in [1.165, 1.54) is 12.1 Å². The van der Waals surface area contributed by atoms with Crippen molar-refractivity contribution in [1.29, 1.82) is 0 Å². The van der Waals surface area contributed by atoms with Gasteiger partial charge in [0.25, 0.3) is 36.3 Å². The molecule has 0 aliphatic carbocycles. The van der Waals surface area contributed by atoms with Gasteiger partial charge >= 0.3 is 5.97 Å². The Labute approximate surface area is 285 Å². The SMILES string of the molecule is O=C(O)C1=NN(c2ccc(S(=O)(=O)O)cc2)C(=O)[C@H]1N=Nc1cc(Nc2nc(Cl)nc(Nc3ccc(S(=O)(=O)O)cc3)n2)ccc1S(=O)(=O)O. The molecule has 0 saturated carbocycles. The second kappa shape index (κ2) is 13.4. The van der Waals surface area contributed by atoms with Crippen LogP contribution in [-0.4, -0.2) is 82.6 Å². The van der Waals surface area contributed by atoms with Crippen LogP contribution in [-0.2, 0) is 39.9 Å². The lowest BCUT2D eigenvalue weighted by molar-refractivity contribution is -0.130. The van der Waals surface area contributed by atoms with Gasteiger partial charge in [-0.25, -0.2) is 4.79 Å². The number of aromatic nitrogens is 3. The molecule has 0 bridgehead atoms. The Morgan fingerprint density at radius 2 is 1.28 bits per heavy atom. The van der Waals surface area contributed by atoms with Crippen molar-refractivity contribution in [3.05, 3.63) is 72.0 Å². The fraction of sp³-hybridized carbons (Fsp3) is 0.0400. The zero-order valence-electron chi connectivity index (χ0n) is 24.2. The Hall–Kier alpha value is -5.50. The lowest BCUT2D eigenvalue weighted by atomic mass is 10.2. The molecule has 2 heterocycles. The first-order valence-corrected chi connectivity index (χ1v) is 17.8. The number of nitrogens with one attached hydrogen (secondary N) is 2. The molecule has 21 nitrogen and oxygen atoms in total. The van der Waals surface area contributed by atoms with Crippen LogP contribution in [0.5, 0.6) is 0 Å². The van der Waals surface area contributed by atoms with E-state index in [4.69, 9.17) is 16.2 Å². The first-order valence-electron chi connectivity index (χ1n) is 13.1. The molecule has 4 aromatic rings. The van der Waals surface area contributed by atoms with Crippen molar-refractivity contribution in [1.82, 2.24) is 15.0 Å². The van der Waals surface area contributed by atoms with Gasteiger partial charge in [0.2, 0.25) is 23.2 Å². The number of rotatable bonds is 11. The average molecular weight is 768 g/mol. The van der Waals surface area contributed by atoms with Gasteiger partial charge in [0.15, 0.2) is 5.71 Å². The molecule has 25 heteroatoms. The van der Waals surface area contributed by atoms with Crippen LogP contribution in [0.25, 0.3) is 0 Å². The Bertz CT molecular complexity index is 2430. The summed E-state index contributed by atoms with van der Waals surface area (Å²) in [7, 11) is -14.0. The zero-order chi connectivity index (χ0) is 36.6. The van der Waals surface area contributed by atoms with E-state index in [0.29, 0.717) is 5.01 Å². The summed E-state index contributed by atoms with van der Waals surface area (Å²) < 4.78 is 97.5. The molecule has 1 aliphatic rings. The van der Waals surface area contributed by atoms with E-state index in [1.807, 2.05) is 0 Å². The molecular weight excluding hydrogens is 750 g/mol. The fourth-order valence-electron chi connectivity index (χ4n) is 4.09. The lowest BCUT2D eigenvalue weighted by Crippen LogP contribution is -2.33. The van der Waals surface area contributed by atoms with Crippen molar-refractivity contribution in [3.8, 4) is 0 Å². The van der Waals surface area contributed by atoms with Gasteiger partial charge < -0.3 is 15.7 Å². The highest BCUT2D eigenvalue weighted by molar-refractivity contribution is 7.86. The highest BCUT2D eigenvalue weighted by atomic mass is 35.5. The molecule has 1 aromatic heterocycles. The molecule has 1 atom stereocenters. The van der Waals surface area contributed by atoms with Crippen molar-refractivity contribution in [2.24, 2.45) is 15.3 Å². The van der Waals surface area contributed by atoms with Crippen molar-refractivity contribution in [2.75, 3.05) is 15.6 Å². The molecule has 6 N–H and O–H groups in total. The number of benzene rings is 3. The van der Waals surface area contributed by atoms with E-state index < -0.39 is 69.5 Å². The first kappa shape index (κ1) is 35.8. The number of hydrogen-bond acceptors (Lipinski definition) is 16. The fourth-order valence-corrected chi connectivity index (χ4v) is 5.82. The van der Waals surface area contributed by atoms with E-state index in [9.17, 15) is 49.1 Å². The molecule has 0 radical (unpaired) electrons.